The lowest BCUT2D eigenvalue weighted by atomic mass is 10.2. The smallest absolute Gasteiger partial charge is 0.135 e. The molecular weight excluding hydrogens is 283 g/mol. The highest BCUT2D eigenvalue weighted by Gasteiger charge is 2.07. The van der Waals surface area contributed by atoms with E-state index in [4.69, 9.17) is 14.6 Å². The van der Waals surface area contributed by atoms with Crippen LogP contribution in [0.2, 0.25) is 0 Å². The van der Waals surface area contributed by atoms with Crippen molar-refractivity contribution >= 4 is 22.6 Å². The van der Waals surface area contributed by atoms with Gasteiger partial charge in [0.2, 0.25) is 0 Å². The van der Waals surface area contributed by atoms with Gasteiger partial charge in [-0.05, 0) is 28.7 Å². The monoisotopic (exact) mass is 294 g/mol. The molecule has 0 bridgehead atoms. The summed E-state index contributed by atoms with van der Waals surface area (Å²) in [4.78, 5) is 0. The number of ether oxygens (including phenoxy) is 2. The second-order valence-corrected chi connectivity index (χ2v) is 3.62. The molecule has 1 rings (SSSR count). The van der Waals surface area contributed by atoms with Crippen molar-refractivity contribution in [1.82, 2.24) is 0 Å². The Labute approximate surface area is 90.8 Å². The molecule has 0 aliphatic carbocycles. The predicted octanol–water partition coefficient (Wildman–Crippen LogP) is 1.80. The number of methoxy groups -OCH3 is 2. The topological polar surface area (TPSA) is 38.7 Å². The van der Waals surface area contributed by atoms with Gasteiger partial charge in [-0.25, -0.2) is 0 Å². The molecule has 1 aromatic carbocycles. The van der Waals surface area contributed by atoms with E-state index in [9.17, 15) is 0 Å². The summed E-state index contributed by atoms with van der Waals surface area (Å²) in [6, 6.07) is 3.62. The SMILES string of the molecule is COc1cc(OC)c(CO)cc1I. The lowest BCUT2D eigenvalue weighted by Gasteiger charge is -2.10. The summed E-state index contributed by atoms with van der Waals surface area (Å²) in [5.41, 5.74) is 0.771. The Morgan fingerprint density at radius 1 is 1.23 bits per heavy atom. The van der Waals surface area contributed by atoms with Crippen LogP contribution < -0.4 is 9.47 Å². The van der Waals surface area contributed by atoms with Crippen molar-refractivity contribution < 1.29 is 14.6 Å². The minimum absolute atomic E-state index is 0.0246. The summed E-state index contributed by atoms with van der Waals surface area (Å²) in [6.45, 7) is -0.0246. The number of aliphatic hydroxyl groups is 1. The molecule has 0 saturated carbocycles. The molecule has 0 aliphatic heterocycles. The lowest BCUT2D eigenvalue weighted by Crippen LogP contribution is -1.95. The fourth-order valence-electron chi connectivity index (χ4n) is 1.05. The average molecular weight is 294 g/mol. The van der Waals surface area contributed by atoms with Gasteiger partial charge >= 0.3 is 0 Å². The van der Waals surface area contributed by atoms with Crippen LogP contribution in [-0.4, -0.2) is 19.3 Å². The molecule has 0 saturated heterocycles. The Bertz CT molecular complexity index is 299. The van der Waals surface area contributed by atoms with Crippen LogP contribution in [0.4, 0.5) is 0 Å². The first-order valence-corrected chi connectivity index (χ1v) is 4.82. The van der Waals surface area contributed by atoms with Gasteiger partial charge in [-0.3, -0.25) is 0 Å². The van der Waals surface area contributed by atoms with E-state index in [-0.39, 0.29) is 6.61 Å². The zero-order valence-corrected chi connectivity index (χ0v) is 9.66. The van der Waals surface area contributed by atoms with E-state index in [1.807, 2.05) is 6.07 Å². The first-order chi connectivity index (χ1) is 6.22. The van der Waals surface area contributed by atoms with Gasteiger partial charge in [0, 0.05) is 11.6 Å². The molecule has 0 aromatic heterocycles. The largest absolute Gasteiger partial charge is 0.496 e. The normalized spacial score (nSPS) is 9.85. The summed E-state index contributed by atoms with van der Waals surface area (Å²) in [7, 11) is 3.18. The number of hydrogen-bond acceptors (Lipinski definition) is 3. The minimum Gasteiger partial charge on any atom is -0.496 e. The van der Waals surface area contributed by atoms with E-state index in [1.165, 1.54) is 0 Å². The lowest BCUT2D eigenvalue weighted by molar-refractivity contribution is 0.273. The van der Waals surface area contributed by atoms with Gasteiger partial charge in [0.05, 0.1) is 24.4 Å². The fraction of sp³-hybridized carbons (Fsp3) is 0.333. The molecule has 13 heavy (non-hydrogen) atoms. The molecule has 0 heterocycles. The van der Waals surface area contributed by atoms with Crippen LogP contribution in [0.25, 0.3) is 0 Å². The summed E-state index contributed by atoms with van der Waals surface area (Å²) in [5, 5.41) is 9.01. The predicted molar refractivity (Wildman–Crippen MR) is 58.2 cm³/mol. The van der Waals surface area contributed by atoms with Crippen molar-refractivity contribution in [3.05, 3.63) is 21.3 Å². The molecular formula is C9H11IO3. The fourth-order valence-corrected chi connectivity index (χ4v) is 1.80. The van der Waals surface area contributed by atoms with Gasteiger partial charge in [0.25, 0.3) is 0 Å². The first kappa shape index (κ1) is 10.6. The number of benzene rings is 1. The van der Waals surface area contributed by atoms with Crippen LogP contribution in [0.5, 0.6) is 11.5 Å². The third kappa shape index (κ3) is 2.25. The average Bonchev–Trinajstić information content (AvgIpc) is 2.17. The van der Waals surface area contributed by atoms with Gasteiger partial charge < -0.3 is 14.6 Å². The maximum Gasteiger partial charge on any atom is 0.135 e. The highest BCUT2D eigenvalue weighted by Crippen LogP contribution is 2.29. The Hall–Kier alpha value is -0.490. The molecule has 72 valence electrons. The highest BCUT2D eigenvalue weighted by molar-refractivity contribution is 14.1. The third-order valence-corrected chi connectivity index (χ3v) is 2.57. The maximum atomic E-state index is 9.01. The van der Waals surface area contributed by atoms with Crippen molar-refractivity contribution in [3.8, 4) is 11.5 Å². The van der Waals surface area contributed by atoms with E-state index in [0.29, 0.717) is 5.75 Å². The molecule has 1 aromatic rings. The van der Waals surface area contributed by atoms with Crippen LogP contribution in [0.15, 0.2) is 12.1 Å². The number of rotatable bonds is 3. The second-order valence-electron chi connectivity index (χ2n) is 2.46. The van der Waals surface area contributed by atoms with Crippen molar-refractivity contribution in [1.29, 1.82) is 0 Å². The molecule has 1 N–H and O–H groups in total. The third-order valence-electron chi connectivity index (χ3n) is 1.73. The molecule has 4 heteroatoms. The maximum absolute atomic E-state index is 9.01. The van der Waals surface area contributed by atoms with Crippen molar-refractivity contribution in [2.24, 2.45) is 0 Å². The van der Waals surface area contributed by atoms with E-state index < -0.39 is 0 Å². The van der Waals surface area contributed by atoms with Crippen LogP contribution in [0.1, 0.15) is 5.56 Å². The van der Waals surface area contributed by atoms with Crippen LogP contribution in [0.3, 0.4) is 0 Å². The number of hydrogen-bond donors (Lipinski definition) is 1. The Morgan fingerprint density at radius 2 is 1.85 bits per heavy atom. The molecule has 0 aliphatic rings. The van der Waals surface area contributed by atoms with Gasteiger partial charge in [-0.15, -0.1) is 0 Å². The molecule has 0 radical (unpaired) electrons. The van der Waals surface area contributed by atoms with E-state index in [2.05, 4.69) is 22.6 Å². The van der Waals surface area contributed by atoms with Gasteiger partial charge in [0.15, 0.2) is 0 Å². The Kier molecular flexibility index (Phi) is 3.80. The Balaban J connectivity index is 3.18. The van der Waals surface area contributed by atoms with Gasteiger partial charge in [-0.1, -0.05) is 0 Å². The first-order valence-electron chi connectivity index (χ1n) is 3.74. The van der Waals surface area contributed by atoms with Gasteiger partial charge in [0.1, 0.15) is 11.5 Å². The molecule has 3 nitrogen and oxygen atoms in total. The van der Waals surface area contributed by atoms with Crippen molar-refractivity contribution in [3.63, 3.8) is 0 Å². The zero-order valence-electron chi connectivity index (χ0n) is 7.50. The quantitative estimate of drug-likeness (QED) is 0.864. The standard InChI is InChI=1S/C9H11IO3/c1-12-8-4-9(13-2)7(10)3-6(8)5-11/h3-4,11H,5H2,1-2H3. The molecule has 0 amide bonds. The highest BCUT2D eigenvalue weighted by atomic mass is 127. The van der Waals surface area contributed by atoms with Gasteiger partial charge in [-0.2, -0.15) is 0 Å². The summed E-state index contributed by atoms with van der Waals surface area (Å²) < 4.78 is 11.2. The van der Waals surface area contributed by atoms with Crippen molar-refractivity contribution in [2.75, 3.05) is 14.2 Å². The minimum atomic E-state index is -0.0246. The van der Waals surface area contributed by atoms with Crippen molar-refractivity contribution in [2.45, 2.75) is 6.61 Å². The number of aliphatic hydroxyl groups excluding tert-OH is 1. The van der Waals surface area contributed by atoms with E-state index in [0.717, 1.165) is 14.9 Å². The van der Waals surface area contributed by atoms with E-state index >= 15 is 0 Å². The molecule has 0 spiro atoms. The second kappa shape index (κ2) is 4.66. The summed E-state index contributed by atoms with van der Waals surface area (Å²) in [6.07, 6.45) is 0. The molecule has 0 atom stereocenters. The summed E-state index contributed by atoms with van der Waals surface area (Å²) >= 11 is 2.15. The number of halogens is 1. The molecule has 0 fully saturated rings. The Morgan fingerprint density at radius 3 is 2.31 bits per heavy atom. The van der Waals surface area contributed by atoms with Crippen LogP contribution >= 0.6 is 22.6 Å². The van der Waals surface area contributed by atoms with E-state index in [1.54, 1.807) is 20.3 Å². The molecule has 0 unspecified atom stereocenters. The van der Waals surface area contributed by atoms with Crippen LogP contribution in [-0.2, 0) is 6.61 Å². The summed E-state index contributed by atoms with van der Waals surface area (Å²) in [5.74, 6) is 1.41. The zero-order chi connectivity index (χ0) is 9.84. The van der Waals surface area contributed by atoms with Crippen LogP contribution in [0, 0.1) is 3.57 Å².